The van der Waals surface area contributed by atoms with Gasteiger partial charge in [-0.3, -0.25) is 15.4 Å². The van der Waals surface area contributed by atoms with Gasteiger partial charge in [0.1, 0.15) is 10.6 Å². The highest BCUT2D eigenvalue weighted by Crippen LogP contribution is 2.24. The fraction of sp³-hybridized carbons (Fsp3) is 0.0769. The summed E-state index contributed by atoms with van der Waals surface area (Å²) in [6, 6.07) is 6.56. The first-order chi connectivity index (χ1) is 10.5. The molecule has 0 atom stereocenters. The number of nitro groups is 1. The van der Waals surface area contributed by atoms with Crippen molar-refractivity contribution in [1.82, 2.24) is 0 Å². The van der Waals surface area contributed by atoms with Gasteiger partial charge >= 0.3 is 12.1 Å². The summed E-state index contributed by atoms with van der Waals surface area (Å²) in [6.07, 6.45) is -0.822. The van der Waals surface area contributed by atoms with Crippen LogP contribution in [0, 0.1) is 10.1 Å². The van der Waals surface area contributed by atoms with E-state index in [4.69, 9.17) is 4.74 Å². The molecule has 0 aliphatic heterocycles. The SMILES string of the molecule is COC(=O)c1sccc1NC(=O)Oc1ccc([N+](=O)[O-])cc1. The summed E-state index contributed by atoms with van der Waals surface area (Å²) in [5.41, 5.74) is 0.155. The quantitative estimate of drug-likeness (QED) is 0.526. The molecule has 1 amide bonds. The number of benzene rings is 1. The number of carbonyl (C=O) groups is 2. The van der Waals surface area contributed by atoms with Crippen molar-refractivity contribution in [2.45, 2.75) is 0 Å². The monoisotopic (exact) mass is 322 g/mol. The predicted octanol–water partition coefficient (Wildman–Crippen LogP) is 3.05. The number of hydrogen-bond donors (Lipinski definition) is 1. The number of nitrogens with one attached hydrogen (secondary N) is 1. The maximum atomic E-state index is 11.7. The highest BCUT2D eigenvalue weighted by molar-refractivity contribution is 7.12. The second-order valence-electron chi connectivity index (χ2n) is 3.92. The molecular weight excluding hydrogens is 312 g/mol. The van der Waals surface area contributed by atoms with Crippen LogP contribution >= 0.6 is 11.3 Å². The second kappa shape index (κ2) is 6.68. The minimum atomic E-state index is -0.822. The number of nitrogens with zero attached hydrogens (tertiary/aromatic N) is 1. The van der Waals surface area contributed by atoms with E-state index in [1.54, 1.807) is 5.38 Å². The number of ether oxygens (including phenoxy) is 2. The first-order valence-electron chi connectivity index (χ1n) is 5.90. The summed E-state index contributed by atoms with van der Waals surface area (Å²) in [6.45, 7) is 0. The van der Waals surface area contributed by atoms with Crippen molar-refractivity contribution in [3.05, 3.63) is 50.7 Å². The Morgan fingerprint density at radius 1 is 1.23 bits per heavy atom. The highest BCUT2D eigenvalue weighted by Gasteiger charge is 2.16. The number of carbonyl (C=O) groups excluding carboxylic acids is 2. The largest absolute Gasteiger partial charge is 0.465 e. The number of hydrogen-bond acceptors (Lipinski definition) is 7. The Morgan fingerprint density at radius 3 is 2.50 bits per heavy atom. The lowest BCUT2D eigenvalue weighted by molar-refractivity contribution is -0.384. The molecule has 1 aromatic carbocycles. The zero-order valence-electron chi connectivity index (χ0n) is 11.3. The summed E-state index contributed by atoms with van der Waals surface area (Å²) in [5.74, 6) is -0.432. The Bertz CT molecular complexity index is 710. The molecule has 1 heterocycles. The molecule has 1 N–H and O–H groups in total. The second-order valence-corrected chi connectivity index (χ2v) is 4.84. The molecule has 0 bridgehead atoms. The Labute approximate surface area is 128 Å². The fourth-order valence-electron chi connectivity index (χ4n) is 1.54. The van der Waals surface area contributed by atoms with E-state index < -0.39 is 17.0 Å². The number of esters is 1. The van der Waals surface area contributed by atoms with Crippen LogP contribution in [0.4, 0.5) is 16.2 Å². The third kappa shape index (κ3) is 3.58. The van der Waals surface area contributed by atoms with E-state index in [0.717, 1.165) is 11.3 Å². The number of anilines is 1. The molecule has 2 rings (SSSR count). The third-order valence-electron chi connectivity index (χ3n) is 2.53. The molecule has 9 heteroatoms. The van der Waals surface area contributed by atoms with Gasteiger partial charge < -0.3 is 9.47 Å². The Morgan fingerprint density at radius 2 is 1.91 bits per heavy atom. The zero-order chi connectivity index (χ0) is 16.1. The summed E-state index contributed by atoms with van der Waals surface area (Å²) < 4.78 is 9.56. The minimum absolute atomic E-state index is 0.112. The van der Waals surface area contributed by atoms with Crippen molar-refractivity contribution in [3.63, 3.8) is 0 Å². The van der Waals surface area contributed by atoms with Crippen molar-refractivity contribution in [3.8, 4) is 5.75 Å². The standard InChI is InChI=1S/C13H10N2O6S/c1-20-12(16)11-10(6-7-22-11)14-13(17)21-9-4-2-8(3-5-9)15(18)19/h2-7H,1H3,(H,14,17). The van der Waals surface area contributed by atoms with E-state index in [9.17, 15) is 19.7 Å². The van der Waals surface area contributed by atoms with Crippen LogP contribution < -0.4 is 10.1 Å². The lowest BCUT2D eigenvalue weighted by atomic mass is 10.3. The van der Waals surface area contributed by atoms with Crippen LogP contribution in [0.3, 0.4) is 0 Å². The molecule has 0 aliphatic carbocycles. The van der Waals surface area contributed by atoms with Crippen LogP contribution in [0.5, 0.6) is 5.75 Å². The lowest BCUT2D eigenvalue weighted by Crippen LogP contribution is -2.18. The number of amides is 1. The van der Waals surface area contributed by atoms with E-state index in [1.165, 1.54) is 37.4 Å². The summed E-state index contributed by atoms with van der Waals surface area (Å²) in [7, 11) is 1.24. The topological polar surface area (TPSA) is 108 Å². The molecule has 114 valence electrons. The number of rotatable bonds is 4. The molecular formula is C13H10N2O6S. The maximum absolute atomic E-state index is 11.7. The van der Waals surface area contributed by atoms with Crippen LogP contribution in [0.25, 0.3) is 0 Å². The average molecular weight is 322 g/mol. The van der Waals surface area contributed by atoms with Gasteiger partial charge in [-0.1, -0.05) is 0 Å². The number of non-ortho nitro benzene ring substituents is 1. The highest BCUT2D eigenvalue weighted by atomic mass is 32.1. The number of methoxy groups -OCH3 is 1. The van der Waals surface area contributed by atoms with Crippen molar-refractivity contribution in [2.75, 3.05) is 12.4 Å². The first kappa shape index (κ1) is 15.4. The van der Waals surface area contributed by atoms with Crippen LogP contribution in [0.1, 0.15) is 9.67 Å². The smallest absolute Gasteiger partial charge is 0.417 e. The predicted molar refractivity (Wildman–Crippen MR) is 78.4 cm³/mol. The molecule has 8 nitrogen and oxygen atoms in total. The van der Waals surface area contributed by atoms with Gasteiger partial charge in [0.15, 0.2) is 0 Å². The summed E-state index contributed by atoms with van der Waals surface area (Å²) in [5, 5.41) is 14.5. The summed E-state index contributed by atoms with van der Waals surface area (Å²) in [4.78, 5) is 33.4. The van der Waals surface area contributed by atoms with Crippen molar-refractivity contribution in [1.29, 1.82) is 0 Å². The molecule has 1 aromatic heterocycles. The molecule has 0 unspecified atom stereocenters. The van der Waals surface area contributed by atoms with Crippen molar-refractivity contribution >= 4 is 34.8 Å². The molecule has 0 fully saturated rings. The molecule has 0 saturated carbocycles. The minimum Gasteiger partial charge on any atom is -0.465 e. The van der Waals surface area contributed by atoms with Crippen molar-refractivity contribution in [2.24, 2.45) is 0 Å². The van der Waals surface area contributed by atoms with E-state index in [-0.39, 0.29) is 22.0 Å². The average Bonchev–Trinajstić information content (AvgIpc) is 2.95. The molecule has 0 saturated heterocycles. The third-order valence-corrected chi connectivity index (χ3v) is 3.43. The Kier molecular flexibility index (Phi) is 4.69. The molecule has 22 heavy (non-hydrogen) atoms. The van der Waals surface area contributed by atoms with E-state index >= 15 is 0 Å². The van der Waals surface area contributed by atoms with Gasteiger partial charge in [-0.15, -0.1) is 11.3 Å². The van der Waals surface area contributed by atoms with Gasteiger partial charge in [-0.2, -0.15) is 0 Å². The Hall–Kier alpha value is -2.94. The van der Waals surface area contributed by atoms with Crippen LogP contribution in [0.15, 0.2) is 35.7 Å². The van der Waals surface area contributed by atoms with Crippen LogP contribution in [0.2, 0.25) is 0 Å². The molecule has 0 aliphatic rings. The summed E-state index contributed by atoms with van der Waals surface area (Å²) >= 11 is 1.12. The zero-order valence-corrected chi connectivity index (χ0v) is 12.1. The van der Waals surface area contributed by atoms with Gasteiger partial charge in [0.25, 0.3) is 5.69 Å². The van der Waals surface area contributed by atoms with E-state index in [0.29, 0.717) is 0 Å². The molecule has 0 spiro atoms. The number of thiophene rings is 1. The van der Waals surface area contributed by atoms with Gasteiger partial charge in [0.2, 0.25) is 0 Å². The van der Waals surface area contributed by atoms with Crippen LogP contribution in [-0.2, 0) is 4.74 Å². The van der Waals surface area contributed by atoms with E-state index in [2.05, 4.69) is 10.1 Å². The fourth-order valence-corrected chi connectivity index (χ4v) is 2.30. The van der Waals surface area contributed by atoms with Gasteiger partial charge in [-0.25, -0.2) is 9.59 Å². The Balaban J connectivity index is 2.03. The van der Waals surface area contributed by atoms with Gasteiger partial charge in [-0.05, 0) is 23.6 Å². The number of nitro benzene ring substituents is 1. The molecule has 2 aromatic rings. The van der Waals surface area contributed by atoms with Crippen LogP contribution in [-0.4, -0.2) is 24.1 Å². The molecule has 0 radical (unpaired) electrons. The maximum Gasteiger partial charge on any atom is 0.417 e. The van der Waals surface area contributed by atoms with Crippen molar-refractivity contribution < 1.29 is 24.0 Å². The van der Waals surface area contributed by atoms with Gasteiger partial charge in [0, 0.05) is 12.1 Å². The van der Waals surface area contributed by atoms with Gasteiger partial charge in [0.05, 0.1) is 17.7 Å². The first-order valence-corrected chi connectivity index (χ1v) is 6.78. The lowest BCUT2D eigenvalue weighted by Gasteiger charge is -2.06. The normalized spacial score (nSPS) is 9.86. The van der Waals surface area contributed by atoms with E-state index in [1.807, 2.05) is 0 Å².